The number of benzene rings is 1. The second-order valence-corrected chi connectivity index (χ2v) is 9.80. The quantitative estimate of drug-likeness (QED) is 0.736. The SMILES string of the molecule is O=C(C1CCCN(S(=O)(=O)c2ccc(F)cc2)C1)N1CCCCC1C1OCCO1. The highest BCUT2D eigenvalue weighted by Crippen LogP contribution is 2.30. The van der Waals surface area contributed by atoms with E-state index in [2.05, 4.69) is 0 Å². The van der Waals surface area contributed by atoms with Crippen molar-refractivity contribution in [3.8, 4) is 0 Å². The molecule has 0 N–H and O–H groups in total. The Kier molecular flexibility index (Phi) is 6.19. The van der Waals surface area contributed by atoms with Crippen LogP contribution in [0, 0.1) is 11.7 Å². The summed E-state index contributed by atoms with van der Waals surface area (Å²) < 4.78 is 51.7. The van der Waals surface area contributed by atoms with Gasteiger partial charge in [0.1, 0.15) is 5.82 Å². The molecule has 1 aromatic rings. The largest absolute Gasteiger partial charge is 0.348 e. The molecule has 3 fully saturated rings. The summed E-state index contributed by atoms with van der Waals surface area (Å²) in [6, 6.07) is 4.71. The van der Waals surface area contributed by atoms with Crippen LogP contribution in [-0.4, -0.2) is 68.7 Å². The molecule has 3 heterocycles. The first-order chi connectivity index (χ1) is 14.0. The summed E-state index contributed by atoms with van der Waals surface area (Å²) >= 11 is 0. The molecule has 29 heavy (non-hydrogen) atoms. The van der Waals surface area contributed by atoms with Gasteiger partial charge in [-0.3, -0.25) is 4.79 Å². The van der Waals surface area contributed by atoms with Gasteiger partial charge in [0.2, 0.25) is 15.9 Å². The summed E-state index contributed by atoms with van der Waals surface area (Å²) in [5.74, 6) is -0.892. The Balaban J connectivity index is 1.48. The van der Waals surface area contributed by atoms with Crippen LogP contribution in [0.1, 0.15) is 32.1 Å². The molecule has 1 aromatic carbocycles. The Labute approximate surface area is 170 Å². The summed E-state index contributed by atoms with van der Waals surface area (Å²) in [6.45, 7) is 2.23. The van der Waals surface area contributed by atoms with E-state index in [4.69, 9.17) is 9.47 Å². The minimum absolute atomic E-state index is 0.0205. The van der Waals surface area contributed by atoms with E-state index in [1.165, 1.54) is 16.4 Å². The topological polar surface area (TPSA) is 76.2 Å². The summed E-state index contributed by atoms with van der Waals surface area (Å²) in [4.78, 5) is 15.2. The minimum atomic E-state index is -3.76. The number of halogens is 1. The molecule has 4 rings (SSSR count). The van der Waals surface area contributed by atoms with Crippen molar-refractivity contribution in [1.82, 2.24) is 9.21 Å². The number of piperidine rings is 2. The molecule has 0 bridgehead atoms. The molecule has 9 heteroatoms. The molecule has 0 aliphatic carbocycles. The van der Waals surface area contributed by atoms with Gasteiger partial charge in [0, 0.05) is 19.6 Å². The maximum absolute atomic E-state index is 13.3. The van der Waals surface area contributed by atoms with Crippen LogP contribution in [0.5, 0.6) is 0 Å². The lowest BCUT2D eigenvalue weighted by atomic mass is 9.94. The predicted octanol–water partition coefficient (Wildman–Crippen LogP) is 1.98. The van der Waals surface area contributed by atoms with E-state index < -0.39 is 15.8 Å². The van der Waals surface area contributed by atoms with Crippen molar-refractivity contribution in [3.63, 3.8) is 0 Å². The number of amides is 1. The standard InChI is InChI=1S/C20H27FN2O5S/c21-16-6-8-17(9-7-16)29(25,26)22-10-3-4-15(14-22)19(24)23-11-2-1-5-18(23)20-27-12-13-28-20/h6-9,15,18,20H,1-5,10-14H2. The smallest absolute Gasteiger partial charge is 0.243 e. The van der Waals surface area contributed by atoms with Crippen molar-refractivity contribution in [2.75, 3.05) is 32.8 Å². The van der Waals surface area contributed by atoms with Gasteiger partial charge >= 0.3 is 0 Å². The van der Waals surface area contributed by atoms with Crippen LogP contribution in [0.2, 0.25) is 0 Å². The number of nitrogens with zero attached hydrogens (tertiary/aromatic N) is 2. The summed E-state index contributed by atoms with van der Waals surface area (Å²) in [6.07, 6.45) is 3.67. The number of hydrogen-bond acceptors (Lipinski definition) is 5. The van der Waals surface area contributed by atoms with Crippen molar-refractivity contribution in [2.24, 2.45) is 5.92 Å². The van der Waals surface area contributed by atoms with Gasteiger partial charge in [-0.15, -0.1) is 0 Å². The summed E-state index contributed by atoms with van der Waals surface area (Å²) in [5.41, 5.74) is 0. The van der Waals surface area contributed by atoms with Gasteiger partial charge in [-0.2, -0.15) is 4.31 Å². The molecule has 3 saturated heterocycles. The predicted molar refractivity (Wildman–Crippen MR) is 103 cm³/mol. The summed E-state index contributed by atoms with van der Waals surface area (Å²) in [5, 5.41) is 0. The average Bonchev–Trinajstić information content (AvgIpc) is 3.28. The van der Waals surface area contributed by atoms with Crippen molar-refractivity contribution in [3.05, 3.63) is 30.1 Å². The van der Waals surface area contributed by atoms with Crippen LogP contribution in [0.15, 0.2) is 29.2 Å². The van der Waals surface area contributed by atoms with Gasteiger partial charge in [-0.25, -0.2) is 12.8 Å². The zero-order chi connectivity index (χ0) is 20.4. The fourth-order valence-corrected chi connectivity index (χ4v) is 5.99. The highest BCUT2D eigenvalue weighted by Gasteiger charge is 2.41. The zero-order valence-electron chi connectivity index (χ0n) is 16.3. The number of carbonyl (C=O) groups excluding carboxylic acids is 1. The van der Waals surface area contributed by atoms with Crippen molar-refractivity contribution in [1.29, 1.82) is 0 Å². The van der Waals surface area contributed by atoms with Crippen LogP contribution in [0.3, 0.4) is 0 Å². The molecule has 0 saturated carbocycles. The van der Waals surface area contributed by atoms with Crippen molar-refractivity contribution < 1.29 is 27.1 Å². The van der Waals surface area contributed by atoms with Gasteiger partial charge in [-0.05, 0) is 56.4 Å². The Morgan fingerprint density at radius 3 is 2.45 bits per heavy atom. The normalized spacial score (nSPS) is 27.3. The number of sulfonamides is 1. The third kappa shape index (κ3) is 4.33. The molecule has 7 nitrogen and oxygen atoms in total. The Morgan fingerprint density at radius 1 is 1.00 bits per heavy atom. The number of ether oxygens (including phenoxy) is 2. The number of hydrogen-bond donors (Lipinski definition) is 0. The first-order valence-electron chi connectivity index (χ1n) is 10.3. The molecule has 3 aliphatic rings. The molecular formula is C20H27FN2O5S. The molecule has 2 unspecified atom stereocenters. The molecule has 160 valence electrons. The molecule has 2 atom stereocenters. The highest BCUT2D eigenvalue weighted by molar-refractivity contribution is 7.89. The lowest BCUT2D eigenvalue weighted by Gasteiger charge is -2.41. The van der Waals surface area contributed by atoms with Gasteiger partial charge in [0.15, 0.2) is 6.29 Å². The number of rotatable bonds is 4. The zero-order valence-corrected chi connectivity index (χ0v) is 17.2. The van der Waals surface area contributed by atoms with Crippen LogP contribution in [0.4, 0.5) is 4.39 Å². The molecule has 0 radical (unpaired) electrons. The average molecular weight is 427 g/mol. The Morgan fingerprint density at radius 2 is 1.72 bits per heavy atom. The van der Waals surface area contributed by atoms with E-state index in [0.29, 0.717) is 39.1 Å². The fourth-order valence-electron chi connectivity index (χ4n) is 4.47. The Bertz CT molecular complexity index is 826. The number of carbonyl (C=O) groups is 1. The van der Waals surface area contributed by atoms with E-state index in [1.807, 2.05) is 4.90 Å². The third-order valence-electron chi connectivity index (χ3n) is 5.98. The molecule has 0 spiro atoms. The van der Waals surface area contributed by atoms with Crippen molar-refractivity contribution in [2.45, 2.75) is 49.3 Å². The van der Waals surface area contributed by atoms with Crippen LogP contribution >= 0.6 is 0 Å². The van der Waals surface area contributed by atoms with Crippen LogP contribution in [0.25, 0.3) is 0 Å². The van der Waals surface area contributed by atoms with E-state index in [0.717, 1.165) is 31.4 Å². The highest BCUT2D eigenvalue weighted by atomic mass is 32.2. The van der Waals surface area contributed by atoms with E-state index in [-0.39, 0.29) is 35.6 Å². The van der Waals surface area contributed by atoms with Gasteiger partial charge in [-0.1, -0.05) is 0 Å². The maximum atomic E-state index is 13.3. The molecule has 1 amide bonds. The monoisotopic (exact) mass is 426 g/mol. The lowest BCUT2D eigenvalue weighted by Crippen LogP contribution is -2.54. The fraction of sp³-hybridized carbons (Fsp3) is 0.650. The second kappa shape index (κ2) is 8.67. The Hall–Kier alpha value is -1.55. The van der Waals surface area contributed by atoms with E-state index in [1.54, 1.807) is 0 Å². The van der Waals surface area contributed by atoms with Crippen LogP contribution in [-0.2, 0) is 24.3 Å². The maximum Gasteiger partial charge on any atom is 0.243 e. The first-order valence-corrected chi connectivity index (χ1v) is 11.7. The van der Waals surface area contributed by atoms with Gasteiger partial charge < -0.3 is 14.4 Å². The van der Waals surface area contributed by atoms with Crippen LogP contribution < -0.4 is 0 Å². The molecular weight excluding hydrogens is 399 g/mol. The first kappa shape index (κ1) is 20.7. The summed E-state index contributed by atoms with van der Waals surface area (Å²) in [7, 11) is -3.76. The van der Waals surface area contributed by atoms with E-state index >= 15 is 0 Å². The minimum Gasteiger partial charge on any atom is -0.348 e. The molecule has 3 aliphatic heterocycles. The van der Waals surface area contributed by atoms with Gasteiger partial charge in [0.25, 0.3) is 0 Å². The van der Waals surface area contributed by atoms with Crippen molar-refractivity contribution >= 4 is 15.9 Å². The van der Waals surface area contributed by atoms with Gasteiger partial charge in [0.05, 0.1) is 30.1 Å². The van der Waals surface area contributed by atoms with E-state index in [9.17, 15) is 17.6 Å². The number of likely N-dealkylation sites (tertiary alicyclic amines) is 1. The third-order valence-corrected chi connectivity index (χ3v) is 7.86. The second-order valence-electron chi connectivity index (χ2n) is 7.86. The lowest BCUT2D eigenvalue weighted by molar-refractivity contribution is -0.155. The molecule has 0 aromatic heterocycles.